The van der Waals surface area contributed by atoms with Crippen LogP contribution in [0.3, 0.4) is 0 Å². The number of aromatic nitrogens is 1. The number of fused-ring (bicyclic) bond motifs is 1. The number of H-pyrrole nitrogens is 1. The van der Waals surface area contributed by atoms with Crippen molar-refractivity contribution in [3.8, 4) is 0 Å². The highest BCUT2D eigenvalue weighted by molar-refractivity contribution is 5.86. The molecule has 3 rings (SSSR count). The van der Waals surface area contributed by atoms with E-state index >= 15 is 0 Å². The van der Waals surface area contributed by atoms with E-state index in [4.69, 9.17) is 0 Å². The fourth-order valence-electron chi connectivity index (χ4n) is 2.23. The lowest BCUT2D eigenvalue weighted by Crippen LogP contribution is -1.86. The number of para-hydroxylation sites is 2. The molecule has 0 saturated carbocycles. The van der Waals surface area contributed by atoms with Crippen LogP contribution in [0.4, 0.5) is 5.69 Å². The second-order valence-electron chi connectivity index (χ2n) is 4.55. The summed E-state index contributed by atoms with van der Waals surface area (Å²) in [5.74, 6) is 0. The molecule has 1 heterocycles. The number of hydrogen-bond acceptors (Lipinski definition) is 1. The van der Waals surface area contributed by atoms with Crippen molar-refractivity contribution < 1.29 is 0 Å². The summed E-state index contributed by atoms with van der Waals surface area (Å²) in [5, 5.41) is 4.54. The Morgan fingerprint density at radius 3 is 2.47 bits per heavy atom. The van der Waals surface area contributed by atoms with Crippen LogP contribution in [0.25, 0.3) is 17.0 Å². The largest absolute Gasteiger partial charge is 0.362 e. The van der Waals surface area contributed by atoms with Gasteiger partial charge in [-0.05, 0) is 36.8 Å². The van der Waals surface area contributed by atoms with E-state index in [1.165, 1.54) is 16.5 Å². The molecule has 1 aromatic heterocycles. The highest BCUT2D eigenvalue weighted by Crippen LogP contribution is 2.22. The van der Waals surface area contributed by atoms with Gasteiger partial charge in [-0.15, -0.1) is 0 Å². The molecule has 0 radical (unpaired) electrons. The van der Waals surface area contributed by atoms with Crippen LogP contribution in [0.15, 0.2) is 60.8 Å². The first kappa shape index (κ1) is 11.6. The Bertz CT molecular complexity index is 708. The maximum atomic E-state index is 3.42. The Balaban J connectivity index is 1.83. The third-order valence-corrected chi connectivity index (χ3v) is 3.28. The molecule has 0 fully saturated rings. The zero-order chi connectivity index (χ0) is 13.1. The molecule has 0 atom stereocenters. The molecule has 2 N–H and O–H groups in total. The Morgan fingerprint density at radius 1 is 0.947 bits per heavy atom. The van der Waals surface area contributed by atoms with E-state index in [9.17, 15) is 0 Å². The minimum Gasteiger partial charge on any atom is -0.362 e. The molecule has 0 saturated heterocycles. The highest BCUT2D eigenvalue weighted by Gasteiger charge is 2.03. The van der Waals surface area contributed by atoms with Crippen molar-refractivity contribution in [2.24, 2.45) is 0 Å². The minimum atomic E-state index is 1.09. The number of hydrogen-bond donors (Lipinski definition) is 2. The fourth-order valence-corrected chi connectivity index (χ4v) is 2.23. The molecular formula is C17H16N2. The Labute approximate surface area is 112 Å². The molecule has 0 unspecified atom stereocenters. The summed E-state index contributed by atoms with van der Waals surface area (Å²) in [4.78, 5) is 3.42. The van der Waals surface area contributed by atoms with Gasteiger partial charge in [-0.3, -0.25) is 0 Å². The SMILES string of the molecule is Cc1c(C=CNc2ccccc2)[nH]c2ccccc12. The normalized spacial score (nSPS) is 11.2. The van der Waals surface area contributed by atoms with E-state index in [0.717, 1.165) is 11.4 Å². The predicted molar refractivity (Wildman–Crippen MR) is 82.1 cm³/mol. The molecule has 2 heteroatoms. The quantitative estimate of drug-likeness (QED) is 0.698. The molecule has 0 amide bonds. The Kier molecular flexibility index (Phi) is 3.07. The van der Waals surface area contributed by atoms with Gasteiger partial charge in [-0.1, -0.05) is 36.4 Å². The molecule has 0 aliphatic rings. The summed E-state index contributed by atoms with van der Waals surface area (Å²) >= 11 is 0. The predicted octanol–water partition coefficient (Wildman–Crippen LogP) is 4.56. The van der Waals surface area contributed by atoms with Crippen LogP contribution < -0.4 is 5.32 Å². The van der Waals surface area contributed by atoms with Crippen molar-refractivity contribution in [3.05, 3.63) is 72.1 Å². The summed E-state index contributed by atoms with van der Waals surface area (Å²) in [6.45, 7) is 2.14. The van der Waals surface area contributed by atoms with E-state index in [-0.39, 0.29) is 0 Å². The van der Waals surface area contributed by atoms with Gasteiger partial charge < -0.3 is 10.3 Å². The molecule has 19 heavy (non-hydrogen) atoms. The monoisotopic (exact) mass is 248 g/mol. The number of benzene rings is 2. The second kappa shape index (κ2) is 5.02. The zero-order valence-electron chi connectivity index (χ0n) is 10.9. The van der Waals surface area contributed by atoms with Crippen molar-refractivity contribution in [1.29, 1.82) is 0 Å². The van der Waals surface area contributed by atoms with Gasteiger partial charge in [0.2, 0.25) is 0 Å². The van der Waals surface area contributed by atoms with Crippen molar-refractivity contribution in [3.63, 3.8) is 0 Å². The number of anilines is 1. The zero-order valence-corrected chi connectivity index (χ0v) is 10.9. The van der Waals surface area contributed by atoms with Crippen molar-refractivity contribution >= 4 is 22.7 Å². The van der Waals surface area contributed by atoms with Crippen molar-refractivity contribution in [1.82, 2.24) is 4.98 Å². The van der Waals surface area contributed by atoms with E-state index in [0.29, 0.717) is 0 Å². The molecule has 2 nitrogen and oxygen atoms in total. The lowest BCUT2D eigenvalue weighted by Gasteiger charge is -1.98. The van der Waals surface area contributed by atoms with Crippen molar-refractivity contribution in [2.75, 3.05) is 5.32 Å². The second-order valence-corrected chi connectivity index (χ2v) is 4.55. The van der Waals surface area contributed by atoms with Crippen LogP contribution in [0.2, 0.25) is 0 Å². The van der Waals surface area contributed by atoms with E-state index < -0.39 is 0 Å². The third-order valence-electron chi connectivity index (χ3n) is 3.28. The van der Waals surface area contributed by atoms with Crippen LogP contribution >= 0.6 is 0 Å². The van der Waals surface area contributed by atoms with Gasteiger partial charge >= 0.3 is 0 Å². The molecule has 2 aromatic carbocycles. The topological polar surface area (TPSA) is 27.8 Å². The number of nitrogens with one attached hydrogen (secondary N) is 2. The third kappa shape index (κ3) is 2.38. The van der Waals surface area contributed by atoms with E-state index in [1.54, 1.807) is 0 Å². The lowest BCUT2D eigenvalue weighted by atomic mass is 10.1. The molecule has 0 spiro atoms. The first-order valence-corrected chi connectivity index (χ1v) is 6.40. The maximum Gasteiger partial charge on any atom is 0.0461 e. The molecular weight excluding hydrogens is 232 g/mol. The fraction of sp³-hybridized carbons (Fsp3) is 0.0588. The van der Waals surface area contributed by atoms with Crippen LogP contribution in [0.5, 0.6) is 0 Å². The van der Waals surface area contributed by atoms with Gasteiger partial charge in [0.25, 0.3) is 0 Å². The molecule has 0 bridgehead atoms. The number of aryl methyl sites for hydroxylation is 1. The van der Waals surface area contributed by atoms with E-state index in [2.05, 4.69) is 41.5 Å². The number of rotatable bonds is 3. The molecule has 0 aliphatic heterocycles. The molecule has 0 aliphatic carbocycles. The summed E-state index contributed by atoms with van der Waals surface area (Å²) in [6.07, 6.45) is 4.04. The average molecular weight is 248 g/mol. The van der Waals surface area contributed by atoms with Gasteiger partial charge in [0.15, 0.2) is 0 Å². The van der Waals surface area contributed by atoms with Crippen LogP contribution in [-0.4, -0.2) is 4.98 Å². The number of aromatic amines is 1. The first-order chi connectivity index (χ1) is 9.34. The van der Waals surface area contributed by atoms with Gasteiger partial charge in [-0.2, -0.15) is 0 Å². The average Bonchev–Trinajstić information content (AvgIpc) is 2.78. The molecule has 94 valence electrons. The van der Waals surface area contributed by atoms with Crippen LogP contribution in [0, 0.1) is 6.92 Å². The van der Waals surface area contributed by atoms with Crippen molar-refractivity contribution in [2.45, 2.75) is 6.92 Å². The smallest absolute Gasteiger partial charge is 0.0461 e. The molecule has 3 aromatic rings. The van der Waals surface area contributed by atoms with Gasteiger partial charge in [0.05, 0.1) is 0 Å². The lowest BCUT2D eigenvalue weighted by molar-refractivity contribution is 1.37. The Morgan fingerprint density at radius 2 is 1.68 bits per heavy atom. The summed E-state index contributed by atoms with van der Waals surface area (Å²) in [7, 11) is 0. The minimum absolute atomic E-state index is 1.09. The summed E-state index contributed by atoms with van der Waals surface area (Å²) in [5.41, 5.74) is 4.69. The van der Waals surface area contributed by atoms with Crippen LogP contribution in [-0.2, 0) is 0 Å². The summed E-state index contributed by atoms with van der Waals surface area (Å²) in [6, 6.07) is 18.5. The summed E-state index contributed by atoms with van der Waals surface area (Å²) < 4.78 is 0. The standard InChI is InChI=1S/C17H16N2/c1-13-15-9-5-6-10-17(15)19-16(13)11-12-18-14-7-3-2-4-8-14/h2-12,18-19H,1H3. The maximum absolute atomic E-state index is 3.42. The van der Waals surface area contributed by atoms with Gasteiger partial charge in [-0.25, -0.2) is 0 Å². The van der Waals surface area contributed by atoms with Gasteiger partial charge in [0, 0.05) is 28.5 Å². The van der Waals surface area contributed by atoms with Gasteiger partial charge in [0.1, 0.15) is 0 Å². The first-order valence-electron chi connectivity index (χ1n) is 6.40. The van der Waals surface area contributed by atoms with E-state index in [1.807, 2.05) is 42.6 Å². The highest BCUT2D eigenvalue weighted by atomic mass is 14.8. The van der Waals surface area contributed by atoms with Crippen LogP contribution in [0.1, 0.15) is 11.3 Å². The Hall–Kier alpha value is -2.48.